The number of rotatable bonds is 7. The number of aromatic nitrogens is 4. The molecule has 5 rings (SSSR count). The SMILES string of the molecule is COCCOC(=O)Nc1nc2cc(-c3cc(Cc4n[nH]c(=O)c5ccccc45)ccc3F)ccc2[nH]1. The first-order valence-electron chi connectivity index (χ1n) is 11.2. The van der Waals surface area contributed by atoms with Crippen molar-refractivity contribution >= 4 is 33.8 Å². The molecule has 0 unspecified atom stereocenters. The summed E-state index contributed by atoms with van der Waals surface area (Å²) in [5, 5.41) is 10.6. The molecule has 0 aliphatic carbocycles. The second-order valence-corrected chi connectivity index (χ2v) is 8.11. The lowest BCUT2D eigenvalue weighted by Gasteiger charge is -2.09. The van der Waals surface area contributed by atoms with Gasteiger partial charge in [-0.15, -0.1) is 0 Å². The first kappa shape index (κ1) is 23.2. The number of hydrogen-bond acceptors (Lipinski definition) is 6. The van der Waals surface area contributed by atoms with Crippen LogP contribution in [0.2, 0.25) is 0 Å². The maximum atomic E-state index is 14.8. The first-order valence-corrected chi connectivity index (χ1v) is 11.2. The maximum Gasteiger partial charge on any atom is 0.414 e. The molecule has 3 aromatic carbocycles. The molecular formula is C26H22FN5O4. The largest absolute Gasteiger partial charge is 0.447 e. The van der Waals surface area contributed by atoms with Crippen LogP contribution in [0.15, 0.2) is 65.5 Å². The van der Waals surface area contributed by atoms with Gasteiger partial charge in [0.15, 0.2) is 0 Å². The summed E-state index contributed by atoms with van der Waals surface area (Å²) in [5.41, 5.74) is 3.53. The highest BCUT2D eigenvalue weighted by Gasteiger charge is 2.13. The normalized spacial score (nSPS) is 11.2. The molecule has 2 aromatic heterocycles. The molecule has 182 valence electrons. The van der Waals surface area contributed by atoms with Gasteiger partial charge in [0.25, 0.3) is 5.56 Å². The molecule has 0 bridgehead atoms. The smallest absolute Gasteiger partial charge is 0.414 e. The van der Waals surface area contributed by atoms with Crippen molar-refractivity contribution in [1.82, 2.24) is 20.2 Å². The summed E-state index contributed by atoms with van der Waals surface area (Å²) in [6.07, 6.45) is -0.248. The summed E-state index contributed by atoms with van der Waals surface area (Å²) in [6.45, 7) is 0.405. The fourth-order valence-corrected chi connectivity index (χ4v) is 3.99. The number of nitrogens with one attached hydrogen (secondary N) is 3. The van der Waals surface area contributed by atoms with Crippen LogP contribution in [0.25, 0.3) is 32.9 Å². The minimum atomic E-state index is -0.659. The molecule has 3 N–H and O–H groups in total. The standard InChI is InChI=1S/C26H22FN5O4/c1-35-10-11-36-26(34)30-25-28-21-9-7-16(14-23(21)29-25)19-12-15(6-8-20(19)27)13-22-17-4-2-3-5-18(17)24(33)32-31-22/h2-9,12,14H,10-11,13H2,1H3,(H,32,33)(H2,28,29,30,34). The highest BCUT2D eigenvalue weighted by molar-refractivity contribution is 5.88. The lowest BCUT2D eigenvalue weighted by Crippen LogP contribution is -2.17. The van der Waals surface area contributed by atoms with Crippen molar-refractivity contribution in [2.45, 2.75) is 6.42 Å². The Kier molecular flexibility index (Phi) is 6.42. The number of benzene rings is 3. The van der Waals surface area contributed by atoms with E-state index in [1.807, 2.05) is 12.1 Å². The van der Waals surface area contributed by atoms with Crippen molar-refractivity contribution in [3.8, 4) is 11.1 Å². The second kappa shape index (κ2) is 9.96. The van der Waals surface area contributed by atoms with Gasteiger partial charge >= 0.3 is 6.09 Å². The van der Waals surface area contributed by atoms with Gasteiger partial charge in [0.2, 0.25) is 5.95 Å². The Bertz CT molecular complexity index is 1630. The molecule has 5 aromatic rings. The molecule has 0 saturated carbocycles. The molecule has 1 amide bonds. The number of carbonyl (C=O) groups is 1. The lowest BCUT2D eigenvalue weighted by molar-refractivity contribution is 0.107. The van der Waals surface area contributed by atoms with E-state index in [1.165, 1.54) is 13.2 Å². The van der Waals surface area contributed by atoms with E-state index in [1.54, 1.807) is 42.5 Å². The van der Waals surface area contributed by atoms with Gasteiger partial charge in [-0.2, -0.15) is 5.10 Å². The molecule has 0 atom stereocenters. The van der Waals surface area contributed by atoms with Crippen LogP contribution in [0.1, 0.15) is 11.3 Å². The molecular weight excluding hydrogens is 465 g/mol. The Morgan fingerprint density at radius 3 is 2.72 bits per heavy atom. The summed E-state index contributed by atoms with van der Waals surface area (Å²) in [7, 11) is 1.51. The Morgan fingerprint density at radius 2 is 1.89 bits per heavy atom. The van der Waals surface area contributed by atoms with Crippen LogP contribution in [0, 0.1) is 5.82 Å². The number of fused-ring (bicyclic) bond motifs is 2. The Morgan fingerprint density at radius 1 is 1.06 bits per heavy atom. The molecule has 10 heteroatoms. The summed E-state index contributed by atoms with van der Waals surface area (Å²) in [4.78, 5) is 31.3. The number of aromatic amines is 2. The molecule has 36 heavy (non-hydrogen) atoms. The van der Waals surface area contributed by atoms with E-state index in [2.05, 4.69) is 25.5 Å². The molecule has 2 heterocycles. The molecule has 0 aliphatic rings. The number of amides is 1. The summed E-state index contributed by atoms with van der Waals surface area (Å²) >= 11 is 0. The monoisotopic (exact) mass is 487 g/mol. The molecule has 9 nitrogen and oxygen atoms in total. The fourth-order valence-electron chi connectivity index (χ4n) is 3.99. The number of ether oxygens (including phenoxy) is 2. The van der Waals surface area contributed by atoms with Gasteiger partial charge in [0, 0.05) is 24.5 Å². The number of hydrogen-bond donors (Lipinski definition) is 3. The quantitative estimate of drug-likeness (QED) is 0.293. The van der Waals surface area contributed by atoms with Gasteiger partial charge < -0.3 is 14.5 Å². The Balaban J connectivity index is 1.41. The molecule has 0 saturated heterocycles. The fraction of sp³-hybridized carbons (Fsp3) is 0.154. The summed E-state index contributed by atoms with van der Waals surface area (Å²) < 4.78 is 24.7. The van der Waals surface area contributed by atoms with Gasteiger partial charge in [-0.3, -0.25) is 10.1 Å². The van der Waals surface area contributed by atoms with Gasteiger partial charge in [0.1, 0.15) is 12.4 Å². The van der Waals surface area contributed by atoms with E-state index in [-0.39, 0.29) is 30.5 Å². The minimum Gasteiger partial charge on any atom is -0.447 e. The number of carbonyl (C=O) groups excluding carboxylic acids is 1. The van der Waals surface area contributed by atoms with Crippen molar-refractivity contribution in [2.75, 3.05) is 25.6 Å². The molecule has 0 aliphatic heterocycles. The number of anilines is 1. The van der Waals surface area contributed by atoms with Crippen molar-refractivity contribution < 1.29 is 18.7 Å². The predicted octanol–water partition coefficient (Wildman–Crippen LogP) is 4.39. The number of halogens is 1. The van der Waals surface area contributed by atoms with Crippen LogP contribution < -0.4 is 10.9 Å². The van der Waals surface area contributed by atoms with Crippen LogP contribution in [0.4, 0.5) is 15.1 Å². The Hall–Kier alpha value is -4.57. The average molecular weight is 487 g/mol. The Labute approximate surface area is 204 Å². The number of imidazole rings is 1. The van der Waals surface area contributed by atoms with Crippen LogP contribution in [-0.2, 0) is 15.9 Å². The van der Waals surface area contributed by atoms with Gasteiger partial charge in [-0.05, 0) is 41.5 Å². The van der Waals surface area contributed by atoms with Crippen molar-refractivity contribution in [1.29, 1.82) is 0 Å². The third-order valence-corrected chi connectivity index (χ3v) is 5.71. The van der Waals surface area contributed by atoms with Crippen molar-refractivity contribution in [2.24, 2.45) is 0 Å². The molecule has 0 radical (unpaired) electrons. The second-order valence-electron chi connectivity index (χ2n) is 8.11. The van der Waals surface area contributed by atoms with Gasteiger partial charge in [0.05, 0.1) is 28.7 Å². The third-order valence-electron chi connectivity index (χ3n) is 5.71. The minimum absolute atomic E-state index is 0.118. The summed E-state index contributed by atoms with van der Waals surface area (Å²) in [6, 6.07) is 17.4. The van der Waals surface area contributed by atoms with Crippen LogP contribution >= 0.6 is 0 Å². The molecule has 0 fully saturated rings. The predicted molar refractivity (Wildman–Crippen MR) is 134 cm³/mol. The van der Waals surface area contributed by atoms with Crippen molar-refractivity contribution in [3.63, 3.8) is 0 Å². The van der Waals surface area contributed by atoms with E-state index in [9.17, 15) is 14.0 Å². The number of nitrogens with zero attached hydrogens (tertiary/aromatic N) is 2. The van der Waals surface area contributed by atoms with E-state index in [4.69, 9.17) is 9.47 Å². The van der Waals surface area contributed by atoms with Crippen molar-refractivity contribution in [3.05, 3.63) is 88.1 Å². The zero-order valence-corrected chi connectivity index (χ0v) is 19.3. The summed E-state index contributed by atoms with van der Waals surface area (Å²) in [5.74, 6) is -0.164. The maximum absolute atomic E-state index is 14.8. The highest BCUT2D eigenvalue weighted by atomic mass is 19.1. The first-order chi connectivity index (χ1) is 17.5. The molecule has 0 spiro atoms. The highest BCUT2D eigenvalue weighted by Crippen LogP contribution is 2.28. The average Bonchev–Trinajstić information content (AvgIpc) is 3.28. The lowest BCUT2D eigenvalue weighted by atomic mass is 9.98. The van der Waals surface area contributed by atoms with E-state index >= 15 is 0 Å². The van der Waals surface area contributed by atoms with Crippen LogP contribution in [0.3, 0.4) is 0 Å². The van der Waals surface area contributed by atoms with Crippen LogP contribution in [-0.4, -0.2) is 46.6 Å². The van der Waals surface area contributed by atoms with E-state index in [0.717, 1.165) is 10.9 Å². The zero-order valence-electron chi connectivity index (χ0n) is 19.3. The topological polar surface area (TPSA) is 122 Å². The van der Waals surface area contributed by atoms with E-state index < -0.39 is 6.09 Å². The number of H-pyrrole nitrogens is 2. The van der Waals surface area contributed by atoms with Crippen LogP contribution in [0.5, 0.6) is 0 Å². The van der Waals surface area contributed by atoms with Gasteiger partial charge in [-0.1, -0.05) is 30.3 Å². The third kappa shape index (κ3) is 4.80. The zero-order chi connectivity index (χ0) is 25.1. The number of methoxy groups -OCH3 is 1. The van der Waals surface area contributed by atoms with Gasteiger partial charge in [-0.25, -0.2) is 19.3 Å². The van der Waals surface area contributed by atoms with E-state index in [0.29, 0.717) is 39.7 Å².